The molecule has 0 aliphatic carbocycles. The molecule has 0 fully saturated rings. The van der Waals surface area contributed by atoms with Gasteiger partial charge in [-0.1, -0.05) is 51.5 Å². The minimum atomic E-state index is -1.06. The van der Waals surface area contributed by atoms with Gasteiger partial charge in [-0.3, -0.25) is 19.4 Å². The van der Waals surface area contributed by atoms with E-state index < -0.39 is 23.9 Å². The SMILES string of the molecule is C=CC[C@H](C(N)=O)[C@@H](CC(C)C)C(=O)NC1N=C(CCCC)c2ccccc2N(C)C1=O. The van der Waals surface area contributed by atoms with Crippen LogP contribution in [-0.4, -0.2) is 36.6 Å². The Kier molecular flexibility index (Phi) is 9.17. The van der Waals surface area contributed by atoms with Crippen molar-refractivity contribution in [1.82, 2.24) is 5.32 Å². The quantitative estimate of drug-likeness (QED) is 0.515. The van der Waals surface area contributed by atoms with Gasteiger partial charge in [0, 0.05) is 18.3 Å². The Bertz CT molecular complexity index is 878. The molecule has 0 saturated heterocycles. The highest BCUT2D eigenvalue weighted by Gasteiger charge is 2.36. The molecule has 1 aliphatic rings. The normalized spacial score (nSPS) is 17.8. The van der Waals surface area contributed by atoms with Gasteiger partial charge in [0.25, 0.3) is 5.91 Å². The number of hydrogen-bond donors (Lipinski definition) is 2. The van der Waals surface area contributed by atoms with Crippen LogP contribution in [0.4, 0.5) is 5.69 Å². The van der Waals surface area contributed by atoms with Gasteiger partial charge in [-0.25, -0.2) is 0 Å². The summed E-state index contributed by atoms with van der Waals surface area (Å²) in [5.41, 5.74) is 8.07. The van der Waals surface area contributed by atoms with Gasteiger partial charge in [-0.2, -0.15) is 0 Å². The second-order valence-electron chi connectivity index (χ2n) is 8.77. The molecule has 2 rings (SSSR count). The minimum absolute atomic E-state index is 0.165. The van der Waals surface area contributed by atoms with Crippen molar-refractivity contribution in [3.05, 3.63) is 42.5 Å². The first-order valence-corrected chi connectivity index (χ1v) is 11.3. The van der Waals surface area contributed by atoms with Crippen LogP contribution in [0.25, 0.3) is 0 Å². The van der Waals surface area contributed by atoms with E-state index in [-0.39, 0.29) is 17.7 Å². The van der Waals surface area contributed by atoms with Crippen molar-refractivity contribution in [2.75, 3.05) is 11.9 Å². The first-order chi connectivity index (χ1) is 15.2. The first-order valence-electron chi connectivity index (χ1n) is 11.3. The largest absolute Gasteiger partial charge is 0.369 e. The zero-order valence-electron chi connectivity index (χ0n) is 19.6. The lowest BCUT2D eigenvalue weighted by Crippen LogP contribution is -2.50. The highest BCUT2D eigenvalue weighted by molar-refractivity contribution is 6.13. The molecule has 1 aromatic carbocycles. The number of aliphatic imine (C=N–C) groups is 1. The van der Waals surface area contributed by atoms with Gasteiger partial charge in [0.15, 0.2) is 0 Å². The van der Waals surface area contributed by atoms with Crippen LogP contribution in [0.1, 0.15) is 58.4 Å². The number of carbonyl (C=O) groups excluding carboxylic acids is 3. The van der Waals surface area contributed by atoms with Crippen LogP contribution in [0.15, 0.2) is 41.9 Å². The van der Waals surface area contributed by atoms with E-state index in [4.69, 9.17) is 10.7 Å². The first kappa shape index (κ1) is 25.3. The number of rotatable bonds is 11. The Hall–Kier alpha value is -2.96. The maximum Gasteiger partial charge on any atom is 0.272 e. The van der Waals surface area contributed by atoms with Crippen LogP contribution in [0, 0.1) is 17.8 Å². The molecule has 1 aromatic rings. The number of anilines is 1. The zero-order valence-corrected chi connectivity index (χ0v) is 19.6. The van der Waals surface area contributed by atoms with Gasteiger partial charge in [0.1, 0.15) is 0 Å². The van der Waals surface area contributed by atoms with Crippen molar-refractivity contribution >= 4 is 29.1 Å². The maximum absolute atomic E-state index is 13.3. The Morgan fingerprint density at radius 3 is 2.56 bits per heavy atom. The summed E-state index contributed by atoms with van der Waals surface area (Å²) in [5.74, 6) is -2.44. The Morgan fingerprint density at radius 2 is 1.97 bits per heavy atom. The predicted octanol–water partition coefficient (Wildman–Crippen LogP) is 3.42. The third kappa shape index (κ3) is 6.05. The van der Waals surface area contributed by atoms with Crippen molar-refractivity contribution in [1.29, 1.82) is 0 Å². The van der Waals surface area contributed by atoms with Crippen LogP contribution in [0.2, 0.25) is 0 Å². The molecule has 7 nitrogen and oxygen atoms in total. The summed E-state index contributed by atoms with van der Waals surface area (Å²) < 4.78 is 0. The Labute approximate surface area is 191 Å². The van der Waals surface area contributed by atoms with Crippen molar-refractivity contribution in [2.24, 2.45) is 28.5 Å². The average molecular weight is 441 g/mol. The number of likely N-dealkylation sites (N-methyl/N-ethyl adjacent to an activating group) is 1. The van der Waals surface area contributed by atoms with Crippen LogP contribution < -0.4 is 16.0 Å². The number of nitrogens with one attached hydrogen (secondary N) is 1. The van der Waals surface area contributed by atoms with Crippen LogP contribution >= 0.6 is 0 Å². The van der Waals surface area contributed by atoms with Crippen LogP contribution in [0.5, 0.6) is 0 Å². The fourth-order valence-corrected chi connectivity index (χ4v) is 4.09. The van der Waals surface area contributed by atoms with Crippen molar-refractivity contribution in [3.8, 4) is 0 Å². The van der Waals surface area contributed by atoms with E-state index in [2.05, 4.69) is 18.8 Å². The maximum atomic E-state index is 13.3. The van der Waals surface area contributed by atoms with E-state index in [0.717, 1.165) is 29.8 Å². The number of hydrogen-bond acceptors (Lipinski definition) is 4. The van der Waals surface area contributed by atoms with Gasteiger partial charge in [-0.05, 0) is 37.7 Å². The number of fused-ring (bicyclic) bond motifs is 1. The summed E-state index contributed by atoms with van der Waals surface area (Å²) in [6.07, 6.45) is 3.92. The van der Waals surface area contributed by atoms with E-state index >= 15 is 0 Å². The summed E-state index contributed by atoms with van der Waals surface area (Å²) in [7, 11) is 1.69. The number of benzodiazepines with no additional fused rings is 1. The molecule has 0 saturated carbocycles. The van der Waals surface area contributed by atoms with Gasteiger partial charge < -0.3 is 16.0 Å². The highest BCUT2D eigenvalue weighted by Crippen LogP contribution is 2.28. The summed E-state index contributed by atoms with van der Waals surface area (Å²) in [6.45, 7) is 9.75. The number of unbranched alkanes of at least 4 members (excludes halogenated alkanes) is 1. The topological polar surface area (TPSA) is 105 Å². The summed E-state index contributed by atoms with van der Waals surface area (Å²) in [6, 6.07) is 7.63. The summed E-state index contributed by atoms with van der Waals surface area (Å²) >= 11 is 0. The van der Waals surface area contributed by atoms with E-state index in [0.29, 0.717) is 19.3 Å². The molecule has 174 valence electrons. The molecule has 0 spiro atoms. The van der Waals surface area contributed by atoms with Crippen molar-refractivity contribution in [2.45, 2.75) is 59.0 Å². The lowest BCUT2D eigenvalue weighted by atomic mass is 9.82. The molecule has 7 heteroatoms. The fourth-order valence-electron chi connectivity index (χ4n) is 4.09. The van der Waals surface area contributed by atoms with E-state index in [9.17, 15) is 14.4 Å². The van der Waals surface area contributed by atoms with Gasteiger partial charge in [0.2, 0.25) is 18.0 Å². The molecule has 3 amide bonds. The zero-order chi connectivity index (χ0) is 23.8. The Morgan fingerprint density at radius 1 is 1.28 bits per heavy atom. The van der Waals surface area contributed by atoms with Crippen LogP contribution in [0.3, 0.4) is 0 Å². The van der Waals surface area contributed by atoms with Crippen molar-refractivity contribution in [3.63, 3.8) is 0 Å². The number of primary amides is 1. The third-order valence-electron chi connectivity index (χ3n) is 5.81. The molecule has 3 atom stereocenters. The molecule has 0 aromatic heterocycles. The molecule has 1 aliphatic heterocycles. The van der Waals surface area contributed by atoms with E-state index in [1.54, 1.807) is 13.1 Å². The van der Waals surface area contributed by atoms with Gasteiger partial charge in [0.05, 0.1) is 17.5 Å². The second kappa shape index (κ2) is 11.6. The molecular formula is C25H36N4O3. The van der Waals surface area contributed by atoms with Gasteiger partial charge >= 0.3 is 0 Å². The lowest BCUT2D eigenvalue weighted by molar-refractivity contribution is -0.135. The molecule has 1 unspecified atom stereocenters. The lowest BCUT2D eigenvalue weighted by Gasteiger charge is -2.27. The average Bonchev–Trinajstić information content (AvgIpc) is 2.85. The number of nitrogens with zero attached hydrogens (tertiary/aromatic N) is 2. The summed E-state index contributed by atoms with van der Waals surface area (Å²) in [4.78, 5) is 44.9. The summed E-state index contributed by atoms with van der Waals surface area (Å²) in [5, 5.41) is 2.82. The Balaban J connectivity index is 2.41. The monoisotopic (exact) mass is 440 g/mol. The number of benzene rings is 1. The number of allylic oxidation sites excluding steroid dienone is 1. The van der Waals surface area contributed by atoms with E-state index in [1.165, 1.54) is 4.90 Å². The fraction of sp³-hybridized carbons (Fsp3) is 0.520. The number of nitrogens with two attached hydrogens (primary N) is 1. The third-order valence-corrected chi connectivity index (χ3v) is 5.81. The molecular weight excluding hydrogens is 404 g/mol. The predicted molar refractivity (Wildman–Crippen MR) is 128 cm³/mol. The number of para-hydroxylation sites is 1. The second-order valence-corrected chi connectivity index (χ2v) is 8.77. The number of amides is 3. The molecule has 0 radical (unpaired) electrons. The van der Waals surface area contributed by atoms with Crippen molar-refractivity contribution < 1.29 is 14.4 Å². The van der Waals surface area contributed by atoms with E-state index in [1.807, 2.05) is 38.1 Å². The smallest absolute Gasteiger partial charge is 0.272 e. The highest BCUT2D eigenvalue weighted by atomic mass is 16.2. The molecule has 0 bridgehead atoms. The molecule has 1 heterocycles. The van der Waals surface area contributed by atoms with Gasteiger partial charge in [-0.15, -0.1) is 6.58 Å². The standard InChI is InChI=1S/C25H36N4O3/c1-6-8-13-20-18-12-9-10-14-21(18)29(5)25(32)23(27-20)28-24(31)19(15-16(3)4)17(11-7-2)22(26)30/h7,9-10,12,14,16-17,19,23H,2,6,8,11,13,15H2,1,3-5H3,(H2,26,30)(H,28,31)/t17-,19+,23?/m0/s1. The van der Waals surface area contributed by atoms with Crippen LogP contribution in [-0.2, 0) is 14.4 Å². The molecule has 32 heavy (non-hydrogen) atoms. The number of carbonyl (C=O) groups is 3. The minimum Gasteiger partial charge on any atom is -0.369 e. The molecule has 3 N–H and O–H groups in total.